The molecule has 1 unspecified atom stereocenters. The third-order valence-electron chi connectivity index (χ3n) is 3.75. The van der Waals surface area contributed by atoms with Crippen molar-refractivity contribution in [3.05, 3.63) is 42.0 Å². The van der Waals surface area contributed by atoms with Crippen LogP contribution in [-0.4, -0.2) is 35.9 Å². The van der Waals surface area contributed by atoms with E-state index in [1.165, 1.54) is 18.4 Å². The zero-order chi connectivity index (χ0) is 17.2. The summed E-state index contributed by atoms with van der Waals surface area (Å²) in [6.45, 7) is -0.215. The van der Waals surface area contributed by atoms with Crippen molar-refractivity contribution in [2.45, 2.75) is 24.8 Å². The van der Waals surface area contributed by atoms with E-state index in [4.69, 9.17) is 4.42 Å². The maximum Gasteiger partial charge on any atom is 0.262 e. The molecule has 25 heavy (non-hydrogen) atoms. The van der Waals surface area contributed by atoms with Crippen LogP contribution >= 0.6 is 12.4 Å². The predicted octanol–water partition coefficient (Wildman–Crippen LogP) is 2.56. The van der Waals surface area contributed by atoms with Gasteiger partial charge < -0.3 is 9.73 Å². The largest absolute Gasteiger partial charge is 0.444 e. The van der Waals surface area contributed by atoms with E-state index in [1.807, 2.05) is 0 Å². The molecule has 0 aliphatic carbocycles. The van der Waals surface area contributed by atoms with E-state index in [1.54, 1.807) is 12.1 Å². The highest BCUT2D eigenvalue weighted by atomic mass is 35.5. The first-order valence-corrected chi connectivity index (χ1v) is 7.52. The van der Waals surface area contributed by atoms with Crippen LogP contribution in [0.25, 0.3) is 11.5 Å². The smallest absolute Gasteiger partial charge is 0.262 e. The summed E-state index contributed by atoms with van der Waals surface area (Å²) in [5, 5.41) is 5.10. The van der Waals surface area contributed by atoms with Crippen molar-refractivity contribution in [3.63, 3.8) is 0 Å². The summed E-state index contributed by atoms with van der Waals surface area (Å²) in [4.78, 5) is 16.0. The maximum absolute atomic E-state index is 13.0. The van der Waals surface area contributed by atoms with Crippen LogP contribution < -0.4 is 10.6 Å². The molecular formula is C16H17ClF3N3O2. The van der Waals surface area contributed by atoms with Gasteiger partial charge in [0.15, 0.2) is 0 Å². The van der Waals surface area contributed by atoms with Crippen molar-refractivity contribution in [2.75, 3.05) is 13.1 Å². The number of aromatic nitrogens is 1. The van der Waals surface area contributed by atoms with E-state index >= 15 is 0 Å². The van der Waals surface area contributed by atoms with E-state index in [9.17, 15) is 18.0 Å². The predicted molar refractivity (Wildman–Crippen MR) is 87.2 cm³/mol. The number of nitrogens with zero attached hydrogens (tertiary/aromatic N) is 1. The van der Waals surface area contributed by atoms with Crippen LogP contribution in [0.3, 0.4) is 0 Å². The second-order valence-corrected chi connectivity index (χ2v) is 5.69. The molecule has 0 spiro atoms. The van der Waals surface area contributed by atoms with Crippen molar-refractivity contribution in [3.8, 4) is 11.5 Å². The molecule has 0 radical (unpaired) electrons. The Morgan fingerprint density at radius 1 is 1.36 bits per heavy atom. The number of carbonyl (C=O) groups excluding carboxylic acids is 1. The molecule has 1 aliphatic heterocycles. The number of alkyl halides is 2. The molecular weight excluding hydrogens is 359 g/mol. The normalized spacial score (nSPS) is 18.6. The molecule has 0 saturated carbocycles. The monoisotopic (exact) mass is 375 g/mol. The molecule has 1 aromatic carbocycles. The minimum Gasteiger partial charge on any atom is -0.444 e. The average molecular weight is 376 g/mol. The summed E-state index contributed by atoms with van der Waals surface area (Å²) in [6.07, 6.45) is 1.36. The zero-order valence-electron chi connectivity index (χ0n) is 13.1. The minimum atomic E-state index is -2.84. The lowest BCUT2D eigenvalue weighted by molar-refractivity contribution is -0.123. The fourth-order valence-corrected chi connectivity index (χ4v) is 2.48. The third-order valence-corrected chi connectivity index (χ3v) is 3.75. The van der Waals surface area contributed by atoms with Crippen molar-refractivity contribution in [2.24, 2.45) is 0 Å². The molecule has 1 atom stereocenters. The summed E-state index contributed by atoms with van der Waals surface area (Å²) in [5.41, 5.74) is 1.25. The summed E-state index contributed by atoms with van der Waals surface area (Å²) in [7, 11) is 0. The van der Waals surface area contributed by atoms with Crippen LogP contribution in [0.4, 0.5) is 13.2 Å². The number of hydrogen-bond donors (Lipinski definition) is 2. The number of halogens is 4. The van der Waals surface area contributed by atoms with Gasteiger partial charge >= 0.3 is 0 Å². The molecule has 2 N–H and O–H groups in total. The SMILES string of the molecule is Cl.O=C(NCCc1coc(-c2ccc(F)cc2)n1)C1CC(F)(F)CN1. The Labute approximate surface area is 148 Å². The van der Waals surface area contributed by atoms with Crippen LogP contribution in [0, 0.1) is 5.82 Å². The first-order chi connectivity index (χ1) is 11.4. The molecule has 2 heterocycles. The molecule has 1 amide bonds. The van der Waals surface area contributed by atoms with Crippen molar-refractivity contribution >= 4 is 18.3 Å². The first kappa shape index (κ1) is 19.3. The first-order valence-electron chi connectivity index (χ1n) is 7.52. The highest BCUT2D eigenvalue weighted by Crippen LogP contribution is 2.25. The Balaban J connectivity index is 0.00000225. The number of carbonyl (C=O) groups is 1. The summed E-state index contributed by atoms with van der Waals surface area (Å²) >= 11 is 0. The molecule has 136 valence electrons. The quantitative estimate of drug-likeness (QED) is 0.843. The molecule has 2 aromatic rings. The van der Waals surface area contributed by atoms with Gasteiger partial charge in [-0.15, -0.1) is 12.4 Å². The van der Waals surface area contributed by atoms with Crippen molar-refractivity contribution in [1.82, 2.24) is 15.6 Å². The summed E-state index contributed by atoms with van der Waals surface area (Å²) < 4.78 is 44.3. The highest BCUT2D eigenvalue weighted by molar-refractivity contribution is 5.85. The molecule has 9 heteroatoms. The fraction of sp³-hybridized carbons (Fsp3) is 0.375. The third kappa shape index (κ3) is 4.96. The van der Waals surface area contributed by atoms with Gasteiger partial charge in [-0.25, -0.2) is 18.2 Å². The number of nitrogens with one attached hydrogen (secondary N) is 2. The van der Waals surface area contributed by atoms with Gasteiger partial charge in [-0.05, 0) is 24.3 Å². The number of rotatable bonds is 5. The van der Waals surface area contributed by atoms with E-state index in [0.29, 0.717) is 23.6 Å². The van der Waals surface area contributed by atoms with E-state index in [2.05, 4.69) is 15.6 Å². The molecule has 5 nitrogen and oxygen atoms in total. The lowest BCUT2D eigenvalue weighted by Crippen LogP contribution is -2.41. The van der Waals surface area contributed by atoms with Crippen LogP contribution in [0.2, 0.25) is 0 Å². The summed E-state index contributed by atoms with van der Waals surface area (Å²) in [5.74, 6) is -3.28. The molecule has 1 fully saturated rings. The Morgan fingerprint density at radius 3 is 2.72 bits per heavy atom. The van der Waals surface area contributed by atoms with Gasteiger partial charge in [0.2, 0.25) is 11.8 Å². The average Bonchev–Trinajstić information content (AvgIpc) is 3.14. The molecule has 1 aromatic heterocycles. The number of amides is 1. The highest BCUT2D eigenvalue weighted by Gasteiger charge is 2.42. The fourth-order valence-electron chi connectivity index (χ4n) is 2.48. The van der Waals surface area contributed by atoms with Crippen molar-refractivity contribution in [1.29, 1.82) is 0 Å². The number of hydrogen-bond acceptors (Lipinski definition) is 4. The Morgan fingerprint density at radius 2 is 2.08 bits per heavy atom. The second kappa shape index (κ2) is 7.88. The lowest BCUT2D eigenvalue weighted by atomic mass is 10.2. The van der Waals surface area contributed by atoms with Crippen LogP contribution in [0.5, 0.6) is 0 Å². The summed E-state index contributed by atoms with van der Waals surface area (Å²) in [6, 6.07) is 4.86. The van der Waals surface area contributed by atoms with Crippen molar-refractivity contribution < 1.29 is 22.4 Å². The standard InChI is InChI=1S/C16H16F3N3O2.ClH/c17-11-3-1-10(2-4-11)15-22-12(8-24-15)5-6-20-14(23)13-7-16(18,19)9-21-13;/h1-4,8,13,21H,5-7,9H2,(H,20,23);1H. The molecule has 0 bridgehead atoms. The van der Waals surface area contributed by atoms with Crippen LogP contribution in [0.15, 0.2) is 34.9 Å². The molecule has 3 rings (SSSR count). The Kier molecular flexibility index (Phi) is 6.07. The van der Waals surface area contributed by atoms with E-state index < -0.39 is 30.8 Å². The van der Waals surface area contributed by atoms with Gasteiger partial charge in [-0.3, -0.25) is 10.1 Å². The minimum absolute atomic E-state index is 0. The topological polar surface area (TPSA) is 67.2 Å². The van der Waals surface area contributed by atoms with Gasteiger partial charge in [0, 0.05) is 24.9 Å². The molecule has 1 saturated heterocycles. The van der Waals surface area contributed by atoms with Gasteiger partial charge in [0.1, 0.15) is 12.1 Å². The lowest BCUT2D eigenvalue weighted by Gasteiger charge is -2.10. The number of benzene rings is 1. The number of oxazole rings is 1. The Hall–Kier alpha value is -2.06. The van der Waals surface area contributed by atoms with E-state index in [0.717, 1.165) is 0 Å². The Bertz CT molecular complexity index is 722. The van der Waals surface area contributed by atoms with Crippen LogP contribution in [0.1, 0.15) is 12.1 Å². The maximum atomic E-state index is 13.0. The van der Waals surface area contributed by atoms with Gasteiger partial charge in [0.25, 0.3) is 5.92 Å². The molecule has 1 aliphatic rings. The zero-order valence-corrected chi connectivity index (χ0v) is 13.9. The van der Waals surface area contributed by atoms with Gasteiger partial charge in [-0.2, -0.15) is 0 Å². The van der Waals surface area contributed by atoms with Crippen LogP contribution in [-0.2, 0) is 11.2 Å². The second-order valence-electron chi connectivity index (χ2n) is 5.69. The van der Waals surface area contributed by atoms with Gasteiger partial charge in [-0.1, -0.05) is 0 Å². The van der Waals surface area contributed by atoms with Gasteiger partial charge in [0.05, 0.1) is 18.3 Å². The van der Waals surface area contributed by atoms with E-state index in [-0.39, 0.29) is 24.8 Å².